The highest BCUT2D eigenvalue weighted by Gasteiger charge is 2.47. The minimum Gasteiger partial charge on any atom is -0.497 e. The molecule has 1 aliphatic heterocycles. The Morgan fingerprint density at radius 2 is 1.28 bits per heavy atom. The molecule has 0 bridgehead atoms. The van der Waals surface area contributed by atoms with E-state index in [0.717, 1.165) is 22.3 Å². The predicted molar refractivity (Wildman–Crippen MR) is 283 cm³/mol. The third-order valence-electron chi connectivity index (χ3n) is 12.4. The number of benzene rings is 5. The number of methoxy groups -OCH3 is 3. The molecule has 2 N–H and O–H groups in total. The Hall–Kier alpha value is -6.12. The highest BCUT2D eigenvalue weighted by molar-refractivity contribution is 7.44. The van der Waals surface area contributed by atoms with Crippen molar-refractivity contribution in [1.82, 2.24) is 15.3 Å². The van der Waals surface area contributed by atoms with Crippen molar-refractivity contribution in [2.75, 3.05) is 67.5 Å². The molecule has 6 atom stereocenters. The van der Waals surface area contributed by atoms with Gasteiger partial charge in [-0.15, -0.1) is 0 Å². The fourth-order valence-electron chi connectivity index (χ4n) is 8.85. The van der Waals surface area contributed by atoms with E-state index >= 15 is 0 Å². The van der Waals surface area contributed by atoms with Gasteiger partial charge in [-0.3, -0.25) is 4.79 Å². The van der Waals surface area contributed by atoms with Crippen LogP contribution >= 0.6 is 8.53 Å². The zero-order valence-corrected chi connectivity index (χ0v) is 44.5. The molecule has 0 aliphatic carbocycles. The van der Waals surface area contributed by atoms with Gasteiger partial charge in [0.25, 0.3) is 14.4 Å². The van der Waals surface area contributed by atoms with Crippen molar-refractivity contribution in [2.24, 2.45) is 5.92 Å². The van der Waals surface area contributed by atoms with Crippen LogP contribution in [0.25, 0.3) is 4.85 Å². The number of hydrogen-bond donors (Lipinski definition) is 2. The van der Waals surface area contributed by atoms with Crippen LogP contribution in [0.3, 0.4) is 0 Å². The molecule has 0 saturated carbocycles. The molecule has 16 nitrogen and oxygen atoms in total. The molecule has 0 radical (unpaired) electrons. The summed E-state index contributed by atoms with van der Waals surface area (Å²) in [5.74, 6) is 1.22. The first-order chi connectivity index (χ1) is 35.9. The smallest absolute Gasteiger partial charge is 0.407 e. The second-order valence-electron chi connectivity index (χ2n) is 18.0. The lowest BCUT2D eigenvalue weighted by atomic mass is 9.80. The number of carbonyl (C=O) groups excluding carboxylic acids is 2. The highest BCUT2D eigenvalue weighted by atomic mass is 31.2. The van der Waals surface area contributed by atoms with E-state index in [1.165, 1.54) is 0 Å². The minimum atomic E-state index is -1.55. The topological polar surface area (TPSA) is 158 Å². The number of ether oxygens (including phenoxy) is 8. The fourth-order valence-corrected chi connectivity index (χ4v) is 10.4. The molecule has 2 amide bonds. The summed E-state index contributed by atoms with van der Waals surface area (Å²) in [7, 11) is 3.29. The van der Waals surface area contributed by atoms with E-state index in [9.17, 15) is 9.59 Å². The second kappa shape index (κ2) is 29.1. The maximum absolute atomic E-state index is 14.1. The van der Waals surface area contributed by atoms with Crippen LogP contribution in [0.4, 0.5) is 4.79 Å². The van der Waals surface area contributed by atoms with Gasteiger partial charge in [0.1, 0.15) is 48.2 Å². The van der Waals surface area contributed by atoms with Crippen molar-refractivity contribution in [3.8, 4) is 17.2 Å². The van der Waals surface area contributed by atoms with Gasteiger partial charge in [-0.2, -0.15) is 0 Å². The summed E-state index contributed by atoms with van der Waals surface area (Å²) in [4.78, 5) is 30.9. The van der Waals surface area contributed by atoms with Crippen molar-refractivity contribution < 1.29 is 56.5 Å². The molecule has 1 fully saturated rings. The molecule has 1 aliphatic rings. The van der Waals surface area contributed by atoms with E-state index in [0.29, 0.717) is 22.8 Å². The molecule has 17 heteroatoms. The Bertz CT molecular complexity index is 2440. The molecule has 5 aromatic carbocycles. The van der Waals surface area contributed by atoms with Crippen LogP contribution in [0, 0.1) is 12.5 Å². The van der Waals surface area contributed by atoms with Crippen LogP contribution in [-0.2, 0) is 44.9 Å². The normalized spacial score (nSPS) is 18.1. The molecule has 74 heavy (non-hydrogen) atoms. The van der Waals surface area contributed by atoms with Crippen LogP contribution in [-0.4, -0.2) is 121 Å². The number of nitrogens with zero attached hydrogens (tertiary/aromatic N) is 2. The van der Waals surface area contributed by atoms with E-state index in [1.807, 2.05) is 116 Å². The van der Waals surface area contributed by atoms with Gasteiger partial charge in [-0.05, 0) is 98.5 Å². The van der Waals surface area contributed by atoms with Gasteiger partial charge < -0.3 is 62.4 Å². The van der Waals surface area contributed by atoms with E-state index in [4.69, 9.17) is 53.5 Å². The van der Waals surface area contributed by atoms with Crippen LogP contribution in [0.15, 0.2) is 133 Å². The maximum atomic E-state index is 14.1. The highest BCUT2D eigenvalue weighted by Crippen LogP contribution is 2.46. The molecule has 6 unspecified atom stereocenters. The molecule has 396 valence electrons. The zero-order chi connectivity index (χ0) is 52.9. The zero-order valence-electron chi connectivity index (χ0n) is 43.6. The number of rotatable bonds is 28. The molecule has 6 rings (SSSR count). The maximum Gasteiger partial charge on any atom is 0.407 e. The van der Waals surface area contributed by atoms with Gasteiger partial charge >= 0.3 is 6.09 Å². The quantitative estimate of drug-likeness (QED) is 0.0211. The Morgan fingerprint density at radius 1 is 0.703 bits per heavy atom. The van der Waals surface area contributed by atoms with Gasteiger partial charge in [-0.1, -0.05) is 91.9 Å². The van der Waals surface area contributed by atoms with E-state index in [-0.39, 0.29) is 70.7 Å². The third-order valence-corrected chi connectivity index (χ3v) is 14.6. The van der Waals surface area contributed by atoms with E-state index in [1.54, 1.807) is 45.6 Å². The summed E-state index contributed by atoms with van der Waals surface area (Å²) < 4.78 is 64.3. The van der Waals surface area contributed by atoms with E-state index < -0.39 is 50.7 Å². The lowest BCUT2D eigenvalue weighted by molar-refractivity contribution is -0.264. The molecular formula is C57H71N4O12P. The third kappa shape index (κ3) is 15.5. The lowest BCUT2D eigenvalue weighted by Gasteiger charge is -2.45. The molecular weight excluding hydrogens is 964 g/mol. The van der Waals surface area contributed by atoms with Crippen molar-refractivity contribution in [3.63, 3.8) is 0 Å². The minimum absolute atomic E-state index is 0.00540. The molecule has 1 saturated heterocycles. The van der Waals surface area contributed by atoms with E-state index in [2.05, 4.69) is 47.8 Å². The van der Waals surface area contributed by atoms with Gasteiger partial charge in [0, 0.05) is 30.1 Å². The summed E-state index contributed by atoms with van der Waals surface area (Å²) in [5, 5.41) is 6.00. The van der Waals surface area contributed by atoms with Crippen LogP contribution in [0.1, 0.15) is 67.2 Å². The first-order valence-corrected chi connectivity index (χ1v) is 26.0. The predicted octanol–water partition coefficient (Wildman–Crippen LogP) is 9.81. The average Bonchev–Trinajstić information content (AvgIpc) is 3.42. The second-order valence-corrected chi connectivity index (χ2v) is 19.4. The summed E-state index contributed by atoms with van der Waals surface area (Å²) in [6, 6.07) is 41.0. The number of nitrogens with one attached hydrogen (secondary N) is 2. The van der Waals surface area contributed by atoms with Gasteiger partial charge in [0.2, 0.25) is 6.54 Å². The van der Waals surface area contributed by atoms with Crippen molar-refractivity contribution in [2.45, 2.75) is 83.4 Å². The standard InChI is InChI=1S/C57H71N4O12P/c1-40(2)61(41(3)4)74(71-32-31-58-6)72-36-34-67-53-42(5)51(39-69-56(63)59-38-43-17-16-22-50(37-43)66-9)73-55(52(53)60-54(62)44-18-12-10-13-19-44)68-33-35-70-57(45-20-14-11-15-21-45,46-23-27-48(64-7)28-24-46)47-25-29-49(65-8)30-26-47/h10-30,37,40-42,51-53,55H,31-36,38-39H2,1-5,7-9H3,(H,59,63)(H,60,62). The van der Waals surface area contributed by atoms with Crippen molar-refractivity contribution in [1.29, 1.82) is 0 Å². The molecule has 1 heterocycles. The number of amides is 2. The monoisotopic (exact) mass is 1030 g/mol. The average molecular weight is 1040 g/mol. The van der Waals surface area contributed by atoms with Gasteiger partial charge in [0.05, 0.1) is 53.9 Å². The molecule has 0 aromatic heterocycles. The van der Waals surface area contributed by atoms with Crippen LogP contribution in [0.5, 0.6) is 17.2 Å². The SMILES string of the molecule is [C-]#[N+]CCOP(OCCOC1C(C)C(COC(=O)NCc2cccc(OC)c2)OC(OCCOC(c2ccccc2)(c2ccc(OC)cc2)c2ccc(OC)cc2)C1NC(=O)c1ccccc1)N(C(C)C)C(C)C. The molecule has 0 spiro atoms. The molecule has 5 aromatic rings. The summed E-state index contributed by atoms with van der Waals surface area (Å²) in [6.07, 6.45) is -3.28. The van der Waals surface area contributed by atoms with Gasteiger partial charge in [-0.25, -0.2) is 16.0 Å². The summed E-state index contributed by atoms with van der Waals surface area (Å²) >= 11 is 0. The van der Waals surface area contributed by atoms with Crippen molar-refractivity contribution >= 4 is 20.5 Å². The lowest BCUT2D eigenvalue weighted by Crippen LogP contribution is -2.63. The largest absolute Gasteiger partial charge is 0.497 e. The van der Waals surface area contributed by atoms with Gasteiger partial charge in [0.15, 0.2) is 6.29 Å². The Balaban J connectivity index is 1.29. The summed E-state index contributed by atoms with van der Waals surface area (Å²) in [6.45, 7) is 18.2. The Kier molecular flexibility index (Phi) is 22.5. The number of hydrogen-bond acceptors (Lipinski definition) is 13. The fraction of sp³-hybridized carbons (Fsp3) is 0.421. The Morgan fingerprint density at radius 3 is 1.88 bits per heavy atom. The van der Waals surface area contributed by atoms with Crippen LogP contribution < -0.4 is 24.8 Å². The van der Waals surface area contributed by atoms with Crippen LogP contribution in [0.2, 0.25) is 0 Å². The Labute approximate surface area is 437 Å². The summed E-state index contributed by atoms with van der Waals surface area (Å²) in [5.41, 5.74) is 2.67. The number of alkyl carbamates (subject to hydrolysis) is 1. The first-order valence-electron chi connectivity index (χ1n) is 24.9. The van der Waals surface area contributed by atoms with Crippen molar-refractivity contribution in [3.05, 3.63) is 173 Å². The number of carbonyl (C=O) groups is 2. The first kappa shape index (κ1) is 57.2.